The zero-order valence-corrected chi connectivity index (χ0v) is 14.0. The fraction of sp³-hybridized carbons (Fsp3) is 0.750. The number of nitrogens with one attached hydrogen (secondary N) is 1. The Morgan fingerprint density at radius 2 is 1.91 bits per heavy atom. The second-order valence-corrected chi connectivity index (χ2v) is 8.95. The van der Waals surface area contributed by atoms with Crippen LogP contribution in [-0.4, -0.2) is 36.4 Å². The molecule has 0 atom stereocenters. The van der Waals surface area contributed by atoms with Crippen LogP contribution in [0.3, 0.4) is 0 Å². The zero-order chi connectivity index (χ0) is 15.6. The van der Waals surface area contributed by atoms with Crippen LogP contribution in [0.2, 0.25) is 0 Å². The predicted molar refractivity (Wildman–Crippen MR) is 87.8 cm³/mol. The number of aryl methyl sites for hydroxylation is 1. The number of hydrogen-bond donors (Lipinski definition) is 1. The lowest BCUT2D eigenvalue weighted by Gasteiger charge is -2.25. The summed E-state index contributed by atoms with van der Waals surface area (Å²) in [4.78, 5) is 9.05. The number of hydrogen-bond acceptors (Lipinski definition) is 5. The predicted octanol–water partition coefficient (Wildman–Crippen LogP) is 2.68. The minimum Gasteiger partial charge on any atom is -0.369 e. The fourth-order valence-corrected chi connectivity index (χ4v) is 4.60. The van der Waals surface area contributed by atoms with E-state index in [1.807, 2.05) is 13.0 Å². The fourth-order valence-electron chi connectivity index (χ4n) is 2.97. The number of anilines is 1. The SMILES string of the molecule is Cc1cc(NCCS(=O)(=O)CC2CCC2)nc(C2CCC2)n1. The van der Waals surface area contributed by atoms with E-state index in [9.17, 15) is 8.42 Å². The van der Waals surface area contributed by atoms with Crippen molar-refractivity contribution in [2.45, 2.75) is 51.4 Å². The first-order valence-electron chi connectivity index (χ1n) is 8.32. The molecule has 2 aliphatic carbocycles. The summed E-state index contributed by atoms with van der Waals surface area (Å²) in [5.74, 6) is 3.09. The molecule has 22 heavy (non-hydrogen) atoms. The quantitative estimate of drug-likeness (QED) is 0.835. The summed E-state index contributed by atoms with van der Waals surface area (Å²) >= 11 is 0. The van der Waals surface area contributed by atoms with Gasteiger partial charge < -0.3 is 5.32 Å². The van der Waals surface area contributed by atoms with Crippen molar-refractivity contribution in [2.24, 2.45) is 5.92 Å². The summed E-state index contributed by atoms with van der Waals surface area (Å²) in [6.45, 7) is 2.39. The maximum absolute atomic E-state index is 12.0. The van der Waals surface area contributed by atoms with Crippen LogP contribution in [0.5, 0.6) is 0 Å². The first-order valence-corrected chi connectivity index (χ1v) is 10.1. The molecule has 122 valence electrons. The van der Waals surface area contributed by atoms with Crippen LogP contribution in [0.1, 0.15) is 56.0 Å². The first kappa shape index (κ1) is 15.7. The first-order chi connectivity index (χ1) is 10.5. The van der Waals surface area contributed by atoms with Crippen LogP contribution in [0, 0.1) is 12.8 Å². The van der Waals surface area contributed by atoms with Gasteiger partial charge in [0.05, 0.1) is 11.5 Å². The maximum atomic E-state index is 12.0. The molecule has 1 heterocycles. The molecule has 0 spiro atoms. The van der Waals surface area contributed by atoms with Crippen molar-refractivity contribution in [2.75, 3.05) is 23.4 Å². The number of aromatic nitrogens is 2. The molecular weight excluding hydrogens is 298 g/mol. The van der Waals surface area contributed by atoms with Crippen LogP contribution < -0.4 is 5.32 Å². The Bertz CT molecular complexity index is 622. The average molecular weight is 323 g/mol. The van der Waals surface area contributed by atoms with Crippen LogP contribution in [-0.2, 0) is 9.84 Å². The molecule has 2 fully saturated rings. The van der Waals surface area contributed by atoms with E-state index in [-0.39, 0.29) is 5.75 Å². The maximum Gasteiger partial charge on any atom is 0.152 e. The average Bonchev–Trinajstić information content (AvgIpc) is 2.31. The van der Waals surface area contributed by atoms with E-state index >= 15 is 0 Å². The molecule has 3 rings (SSSR count). The van der Waals surface area contributed by atoms with Gasteiger partial charge in [-0.25, -0.2) is 18.4 Å². The number of rotatable bonds is 7. The van der Waals surface area contributed by atoms with Gasteiger partial charge in [-0.3, -0.25) is 0 Å². The minimum absolute atomic E-state index is 0.186. The Kier molecular flexibility index (Phi) is 4.66. The standard InChI is InChI=1S/C16H25N3O2S/c1-12-10-15(19-16(18-12)14-6-3-7-14)17-8-9-22(20,21)11-13-4-2-5-13/h10,13-14H,2-9,11H2,1H3,(H,17,18,19). The van der Waals surface area contributed by atoms with Crippen molar-refractivity contribution in [3.63, 3.8) is 0 Å². The molecular formula is C16H25N3O2S. The van der Waals surface area contributed by atoms with Gasteiger partial charge in [0.1, 0.15) is 11.6 Å². The van der Waals surface area contributed by atoms with Gasteiger partial charge in [-0.05, 0) is 38.5 Å². The van der Waals surface area contributed by atoms with Crippen LogP contribution >= 0.6 is 0 Å². The highest BCUT2D eigenvalue weighted by Gasteiger charge is 2.25. The highest BCUT2D eigenvalue weighted by Crippen LogP contribution is 2.34. The lowest BCUT2D eigenvalue weighted by molar-refractivity contribution is 0.347. The third-order valence-corrected chi connectivity index (χ3v) is 6.58. The normalized spacial score (nSPS) is 19.5. The molecule has 0 aromatic carbocycles. The van der Waals surface area contributed by atoms with Crippen molar-refractivity contribution in [1.29, 1.82) is 0 Å². The molecule has 0 aliphatic heterocycles. The lowest BCUT2D eigenvalue weighted by Crippen LogP contribution is -2.26. The highest BCUT2D eigenvalue weighted by molar-refractivity contribution is 7.91. The molecule has 2 aliphatic rings. The van der Waals surface area contributed by atoms with Gasteiger partial charge in [0.2, 0.25) is 0 Å². The summed E-state index contributed by atoms with van der Waals surface area (Å²) in [6, 6.07) is 1.89. The van der Waals surface area contributed by atoms with E-state index in [2.05, 4.69) is 15.3 Å². The molecule has 5 nitrogen and oxygen atoms in total. The molecule has 0 saturated heterocycles. The van der Waals surface area contributed by atoms with E-state index in [1.54, 1.807) is 0 Å². The molecule has 0 bridgehead atoms. The molecule has 1 aromatic heterocycles. The van der Waals surface area contributed by atoms with E-state index in [1.165, 1.54) is 25.7 Å². The second-order valence-electron chi connectivity index (χ2n) is 6.72. The third-order valence-electron chi connectivity index (χ3n) is 4.78. The number of sulfone groups is 1. The topological polar surface area (TPSA) is 72.0 Å². The van der Waals surface area contributed by atoms with Crippen molar-refractivity contribution in [3.05, 3.63) is 17.6 Å². The second kappa shape index (κ2) is 6.52. The van der Waals surface area contributed by atoms with Crippen molar-refractivity contribution in [1.82, 2.24) is 9.97 Å². The summed E-state index contributed by atoms with van der Waals surface area (Å²) in [5.41, 5.74) is 0.941. The number of nitrogens with zero attached hydrogens (tertiary/aromatic N) is 2. The molecule has 1 N–H and O–H groups in total. The Hall–Kier alpha value is -1.17. The molecule has 0 unspecified atom stereocenters. The van der Waals surface area contributed by atoms with Gasteiger partial charge >= 0.3 is 0 Å². The van der Waals surface area contributed by atoms with Gasteiger partial charge in [-0.2, -0.15) is 0 Å². The minimum atomic E-state index is -2.95. The zero-order valence-electron chi connectivity index (χ0n) is 13.2. The van der Waals surface area contributed by atoms with E-state index in [0.29, 0.717) is 24.1 Å². The van der Waals surface area contributed by atoms with Gasteiger partial charge in [-0.15, -0.1) is 0 Å². The Balaban J connectivity index is 1.53. The van der Waals surface area contributed by atoms with Gasteiger partial charge in [0.25, 0.3) is 0 Å². The van der Waals surface area contributed by atoms with Crippen molar-refractivity contribution in [3.8, 4) is 0 Å². The lowest BCUT2D eigenvalue weighted by atomic mass is 9.85. The van der Waals surface area contributed by atoms with E-state index in [4.69, 9.17) is 0 Å². The van der Waals surface area contributed by atoms with Crippen LogP contribution in [0.25, 0.3) is 0 Å². The van der Waals surface area contributed by atoms with E-state index < -0.39 is 9.84 Å². The van der Waals surface area contributed by atoms with E-state index in [0.717, 1.165) is 30.2 Å². The van der Waals surface area contributed by atoms with Gasteiger partial charge in [0, 0.05) is 24.2 Å². The Labute approximate surface area is 132 Å². The van der Waals surface area contributed by atoms with Gasteiger partial charge in [0.15, 0.2) is 9.84 Å². The van der Waals surface area contributed by atoms with Crippen molar-refractivity contribution < 1.29 is 8.42 Å². The summed E-state index contributed by atoms with van der Waals surface area (Å²) in [5, 5.41) is 3.16. The molecule has 6 heteroatoms. The highest BCUT2D eigenvalue weighted by atomic mass is 32.2. The molecule has 1 aromatic rings. The van der Waals surface area contributed by atoms with Crippen LogP contribution in [0.15, 0.2) is 6.07 Å². The third kappa shape index (κ3) is 3.97. The summed E-state index contributed by atoms with van der Waals surface area (Å²) in [6.07, 6.45) is 6.91. The Morgan fingerprint density at radius 1 is 1.18 bits per heavy atom. The van der Waals surface area contributed by atoms with Crippen molar-refractivity contribution >= 4 is 15.7 Å². The molecule has 0 radical (unpaired) electrons. The molecule has 2 saturated carbocycles. The largest absolute Gasteiger partial charge is 0.369 e. The van der Waals surface area contributed by atoms with Crippen LogP contribution in [0.4, 0.5) is 5.82 Å². The summed E-state index contributed by atoms with van der Waals surface area (Å²) in [7, 11) is -2.95. The smallest absolute Gasteiger partial charge is 0.152 e. The Morgan fingerprint density at radius 3 is 2.50 bits per heavy atom. The van der Waals surface area contributed by atoms with Gasteiger partial charge in [-0.1, -0.05) is 12.8 Å². The molecule has 0 amide bonds. The summed E-state index contributed by atoms with van der Waals surface area (Å²) < 4.78 is 24.1. The monoisotopic (exact) mass is 323 g/mol.